The minimum Gasteiger partial charge on any atom is -0.494 e. The Morgan fingerprint density at radius 2 is 2.11 bits per heavy atom. The van der Waals surface area contributed by atoms with E-state index in [4.69, 9.17) is 16.3 Å². The van der Waals surface area contributed by atoms with E-state index in [1.165, 1.54) is 37.4 Å². The first-order chi connectivity index (χ1) is 12.7. The second-order valence-corrected chi connectivity index (χ2v) is 6.48. The standard InChI is InChI=1S/C18H19ClFN3O4/c1-11(22(2)10-13-14(19)5-4-6-15(13)20)18(24)21-16-8-7-12(23(25)26)9-17(16)27-3/h4-9,11H,10H2,1-3H3,(H,21,24)/p+1/t11-/m1/s1. The second-order valence-electron chi connectivity index (χ2n) is 6.08. The van der Waals surface area contributed by atoms with E-state index in [0.29, 0.717) is 16.3 Å². The van der Waals surface area contributed by atoms with Gasteiger partial charge in [-0.2, -0.15) is 0 Å². The van der Waals surface area contributed by atoms with E-state index in [0.717, 1.165) is 4.90 Å². The lowest BCUT2D eigenvalue weighted by Gasteiger charge is -2.22. The summed E-state index contributed by atoms with van der Waals surface area (Å²) in [6.45, 7) is 1.91. The van der Waals surface area contributed by atoms with Gasteiger partial charge in [0.1, 0.15) is 18.1 Å². The fraction of sp³-hybridized carbons (Fsp3) is 0.278. The normalized spacial score (nSPS) is 12.9. The Morgan fingerprint density at radius 1 is 1.41 bits per heavy atom. The van der Waals surface area contributed by atoms with Crippen LogP contribution < -0.4 is 15.0 Å². The Hall–Kier alpha value is -2.71. The quantitative estimate of drug-likeness (QED) is 0.556. The monoisotopic (exact) mass is 396 g/mol. The van der Waals surface area contributed by atoms with Gasteiger partial charge >= 0.3 is 0 Å². The first kappa shape index (κ1) is 20.6. The molecule has 2 N–H and O–H groups in total. The molecule has 0 fully saturated rings. The van der Waals surface area contributed by atoms with Gasteiger partial charge in [0.2, 0.25) is 0 Å². The summed E-state index contributed by atoms with van der Waals surface area (Å²) < 4.78 is 19.1. The summed E-state index contributed by atoms with van der Waals surface area (Å²) in [5.41, 5.74) is 0.510. The van der Waals surface area contributed by atoms with Crippen LogP contribution in [0.5, 0.6) is 5.75 Å². The maximum atomic E-state index is 14.0. The fourth-order valence-corrected chi connectivity index (χ4v) is 2.72. The van der Waals surface area contributed by atoms with Crippen molar-refractivity contribution in [3.05, 3.63) is 62.9 Å². The molecule has 0 aliphatic heterocycles. The molecular formula is C18H20ClFN3O4+. The Morgan fingerprint density at radius 3 is 2.70 bits per heavy atom. The lowest BCUT2D eigenvalue weighted by Crippen LogP contribution is -3.12. The molecule has 0 aromatic heterocycles. The molecule has 9 heteroatoms. The van der Waals surface area contributed by atoms with Crippen molar-refractivity contribution in [3.8, 4) is 5.75 Å². The second kappa shape index (κ2) is 8.79. The third kappa shape index (κ3) is 4.93. The lowest BCUT2D eigenvalue weighted by molar-refractivity contribution is -0.908. The molecule has 1 unspecified atom stereocenters. The third-order valence-electron chi connectivity index (χ3n) is 4.30. The number of nitrogens with zero attached hydrogens (tertiary/aromatic N) is 1. The number of ether oxygens (including phenoxy) is 1. The van der Waals surface area contributed by atoms with Gasteiger partial charge in [0.15, 0.2) is 6.04 Å². The van der Waals surface area contributed by atoms with Gasteiger partial charge in [-0.1, -0.05) is 17.7 Å². The summed E-state index contributed by atoms with van der Waals surface area (Å²) in [6, 6.07) is 7.81. The molecule has 27 heavy (non-hydrogen) atoms. The number of methoxy groups -OCH3 is 1. The first-order valence-corrected chi connectivity index (χ1v) is 8.51. The number of quaternary nitrogens is 1. The SMILES string of the molecule is COc1cc([N+](=O)[O-])ccc1NC(=O)[C@@H](C)[NH+](C)Cc1c(F)cccc1Cl. The van der Waals surface area contributed by atoms with Crippen LogP contribution in [0, 0.1) is 15.9 Å². The predicted octanol–water partition coefficient (Wildman–Crippen LogP) is 2.44. The van der Waals surface area contributed by atoms with Crippen molar-refractivity contribution in [1.29, 1.82) is 0 Å². The van der Waals surface area contributed by atoms with Crippen molar-refractivity contribution in [2.45, 2.75) is 19.5 Å². The van der Waals surface area contributed by atoms with E-state index < -0.39 is 16.8 Å². The molecule has 0 radical (unpaired) electrons. The van der Waals surface area contributed by atoms with Gasteiger partial charge in [0, 0.05) is 6.07 Å². The van der Waals surface area contributed by atoms with Crippen molar-refractivity contribution < 1.29 is 23.7 Å². The molecule has 0 aliphatic rings. The zero-order valence-electron chi connectivity index (χ0n) is 15.1. The van der Waals surface area contributed by atoms with Crippen LogP contribution in [0.2, 0.25) is 5.02 Å². The van der Waals surface area contributed by atoms with Crippen molar-refractivity contribution in [1.82, 2.24) is 0 Å². The van der Waals surface area contributed by atoms with Gasteiger partial charge in [0.25, 0.3) is 11.6 Å². The highest BCUT2D eigenvalue weighted by atomic mass is 35.5. The van der Waals surface area contributed by atoms with E-state index in [1.807, 2.05) is 0 Å². The zero-order valence-corrected chi connectivity index (χ0v) is 15.8. The number of nitro benzene ring substituents is 1. The Labute approximate surface area is 160 Å². The topological polar surface area (TPSA) is 85.9 Å². The number of non-ortho nitro benzene ring substituents is 1. The highest BCUT2D eigenvalue weighted by Crippen LogP contribution is 2.29. The average molecular weight is 397 g/mol. The average Bonchev–Trinajstić information content (AvgIpc) is 2.64. The smallest absolute Gasteiger partial charge is 0.282 e. The van der Waals surface area contributed by atoms with Gasteiger partial charge in [-0.3, -0.25) is 14.9 Å². The Balaban J connectivity index is 2.12. The fourth-order valence-electron chi connectivity index (χ4n) is 2.49. The molecule has 0 saturated carbocycles. The van der Waals surface area contributed by atoms with Gasteiger partial charge < -0.3 is 15.0 Å². The number of hydrogen-bond acceptors (Lipinski definition) is 4. The number of carbonyl (C=O) groups excluding carboxylic acids is 1. The number of carbonyl (C=O) groups is 1. The van der Waals surface area contributed by atoms with Gasteiger partial charge in [0.05, 0.1) is 41.4 Å². The summed E-state index contributed by atoms with van der Waals surface area (Å²) >= 11 is 6.04. The molecule has 0 spiro atoms. The highest BCUT2D eigenvalue weighted by molar-refractivity contribution is 6.31. The maximum Gasteiger partial charge on any atom is 0.282 e. The van der Waals surface area contributed by atoms with Gasteiger partial charge in [-0.25, -0.2) is 4.39 Å². The minimum atomic E-state index is -0.549. The van der Waals surface area contributed by atoms with E-state index in [2.05, 4.69) is 5.32 Å². The van der Waals surface area contributed by atoms with Crippen LogP contribution >= 0.6 is 11.6 Å². The molecule has 7 nitrogen and oxygen atoms in total. The summed E-state index contributed by atoms with van der Waals surface area (Å²) in [5, 5.41) is 13.8. The molecule has 0 bridgehead atoms. The summed E-state index contributed by atoms with van der Waals surface area (Å²) in [7, 11) is 3.11. The van der Waals surface area contributed by atoms with Crippen molar-refractivity contribution in [3.63, 3.8) is 0 Å². The maximum absolute atomic E-state index is 14.0. The van der Waals surface area contributed by atoms with Crippen LogP contribution in [0.3, 0.4) is 0 Å². The van der Waals surface area contributed by atoms with E-state index >= 15 is 0 Å². The number of amides is 1. The first-order valence-electron chi connectivity index (χ1n) is 8.13. The third-order valence-corrected chi connectivity index (χ3v) is 4.66. The minimum absolute atomic E-state index is 0.144. The zero-order chi connectivity index (χ0) is 20.1. The summed E-state index contributed by atoms with van der Waals surface area (Å²) in [6.07, 6.45) is 0. The highest BCUT2D eigenvalue weighted by Gasteiger charge is 2.25. The molecule has 0 heterocycles. The van der Waals surface area contributed by atoms with Crippen LogP contribution in [-0.2, 0) is 11.3 Å². The van der Waals surface area contributed by atoms with Crippen molar-refractivity contribution >= 4 is 28.9 Å². The number of halogens is 2. The molecule has 2 aromatic rings. The van der Waals surface area contributed by atoms with E-state index in [9.17, 15) is 19.3 Å². The van der Waals surface area contributed by atoms with Crippen molar-refractivity contribution in [2.75, 3.05) is 19.5 Å². The van der Waals surface area contributed by atoms with Crippen LogP contribution in [0.15, 0.2) is 36.4 Å². The van der Waals surface area contributed by atoms with Gasteiger partial charge in [-0.15, -0.1) is 0 Å². The molecule has 2 atom stereocenters. The number of benzene rings is 2. The molecular weight excluding hydrogens is 377 g/mol. The largest absolute Gasteiger partial charge is 0.494 e. The van der Waals surface area contributed by atoms with Crippen LogP contribution in [0.4, 0.5) is 15.8 Å². The predicted molar refractivity (Wildman–Crippen MR) is 99.7 cm³/mol. The molecule has 0 saturated heterocycles. The molecule has 2 rings (SSSR count). The molecule has 1 amide bonds. The van der Waals surface area contributed by atoms with Crippen LogP contribution in [-0.4, -0.2) is 31.0 Å². The number of likely N-dealkylation sites (N-methyl/N-ethyl adjacent to an activating group) is 1. The molecule has 2 aromatic carbocycles. The Kier molecular flexibility index (Phi) is 6.70. The van der Waals surface area contributed by atoms with Crippen LogP contribution in [0.25, 0.3) is 0 Å². The summed E-state index contributed by atoms with van der Waals surface area (Å²) in [4.78, 5) is 23.6. The van der Waals surface area contributed by atoms with Crippen LogP contribution in [0.1, 0.15) is 12.5 Å². The number of hydrogen-bond donors (Lipinski definition) is 2. The van der Waals surface area contributed by atoms with Crippen molar-refractivity contribution in [2.24, 2.45) is 0 Å². The summed E-state index contributed by atoms with van der Waals surface area (Å²) in [5.74, 6) is -0.585. The molecule has 0 aliphatic carbocycles. The lowest BCUT2D eigenvalue weighted by atomic mass is 10.1. The van der Waals surface area contributed by atoms with Gasteiger partial charge in [-0.05, 0) is 25.1 Å². The number of rotatable bonds is 7. The van der Waals surface area contributed by atoms with E-state index in [1.54, 1.807) is 20.0 Å². The Bertz CT molecular complexity index is 842. The number of nitro groups is 1. The molecule has 144 valence electrons. The van der Waals surface area contributed by atoms with E-state index in [-0.39, 0.29) is 23.9 Å². The number of anilines is 1. The number of nitrogens with one attached hydrogen (secondary N) is 2.